The highest BCUT2D eigenvalue weighted by Crippen LogP contribution is 2.20. The zero-order valence-electron chi connectivity index (χ0n) is 11.1. The molecule has 6 heteroatoms. The summed E-state index contributed by atoms with van der Waals surface area (Å²) in [6.07, 6.45) is 1.70. The minimum Gasteiger partial charge on any atom is -0.346 e. The molecule has 0 aliphatic heterocycles. The van der Waals surface area contributed by atoms with Crippen molar-refractivity contribution >= 4 is 10.0 Å². The lowest BCUT2D eigenvalue weighted by atomic mass is 10.3. The van der Waals surface area contributed by atoms with Gasteiger partial charge in [-0.25, -0.2) is 12.7 Å². The molecule has 0 aliphatic carbocycles. The fraction of sp³-hybridized carbons (Fsp3) is 0.636. The van der Waals surface area contributed by atoms with Crippen LogP contribution in [0.5, 0.6) is 0 Å². The van der Waals surface area contributed by atoms with Crippen LogP contribution >= 0.6 is 0 Å². The Hall–Kier alpha value is -0.850. The van der Waals surface area contributed by atoms with Gasteiger partial charge in [0.2, 0.25) is 10.0 Å². The number of nitrogens with zero attached hydrogens (tertiary/aromatic N) is 2. The molecule has 1 heterocycles. The van der Waals surface area contributed by atoms with Gasteiger partial charge in [-0.15, -0.1) is 0 Å². The average Bonchev–Trinajstić information content (AvgIpc) is 2.62. The Bertz CT molecular complexity index is 475. The molecule has 98 valence electrons. The number of aromatic nitrogens is 1. The molecule has 1 aromatic heterocycles. The molecule has 0 amide bonds. The van der Waals surface area contributed by atoms with Crippen LogP contribution in [0.25, 0.3) is 0 Å². The maximum atomic E-state index is 12.0. The molecule has 17 heavy (non-hydrogen) atoms. The Balaban J connectivity index is 3.25. The third-order valence-electron chi connectivity index (χ3n) is 2.60. The first kappa shape index (κ1) is 14.2. The van der Waals surface area contributed by atoms with E-state index in [-0.39, 0.29) is 6.04 Å². The van der Waals surface area contributed by atoms with E-state index < -0.39 is 10.0 Å². The third kappa shape index (κ3) is 2.88. The molecule has 0 atom stereocenters. The monoisotopic (exact) mass is 259 g/mol. The standard InChI is InChI=1S/C11H21N3O2S/c1-9(2)14-8-11(6-10(14)7-12-3)17(15,16)13(4)5/h6,8-9,12H,7H2,1-5H3. The Morgan fingerprint density at radius 3 is 2.41 bits per heavy atom. The molecular weight excluding hydrogens is 238 g/mol. The molecule has 0 fully saturated rings. The Labute approximate surface area is 103 Å². The second-order valence-electron chi connectivity index (χ2n) is 4.49. The van der Waals surface area contributed by atoms with Crippen LogP contribution in [-0.2, 0) is 16.6 Å². The lowest BCUT2D eigenvalue weighted by Crippen LogP contribution is -2.21. The predicted octanol–water partition coefficient (Wildman–Crippen LogP) is 1.04. The van der Waals surface area contributed by atoms with Gasteiger partial charge < -0.3 is 9.88 Å². The van der Waals surface area contributed by atoms with Crippen molar-refractivity contribution in [2.75, 3.05) is 21.1 Å². The topological polar surface area (TPSA) is 54.3 Å². The van der Waals surface area contributed by atoms with E-state index in [2.05, 4.69) is 5.32 Å². The number of rotatable bonds is 5. The number of nitrogens with one attached hydrogen (secondary N) is 1. The van der Waals surface area contributed by atoms with Gasteiger partial charge in [0.05, 0.1) is 0 Å². The van der Waals surface area contributed by atoms with E-state index in [1.807, 2.05) is 25.5 Å². The molecule has 0 saturated carbocycles. The molecule has 0 aliphatic rings. The summed E-state index contributed by atoms with van der Waals surface area (Å²) in [7, 11) is 1.58. The summed E-state index contributed by atoms with van der Waals surface area (Å²) in [6.45, 7) is 4.72. The second-order valence-corrected chi connectivity index (χ2v) is 6.64. The van der Waals surface area contributed by atoms with Gasteiger partial charge in [-0.3, -0.25) is 0 Å². The van der Waals surface area contributed by atoms with E-state index in [1.165, 1.54) is 4.31 Å². The first-order valence-corrected chi connectivity index (χ1v) is 7.02. The van der Waals surface area contributed by atoms with Crippen LogP contribution in [0.4, 0.5) is 0 Å². The van der Waals surface area contributed by atoms with Gasteiger partial charge in [-0.2, -0.15) is 0 Å². The van der Waals surface area contributed by atoms with Crippen molar-refractivity contribution < 1.29 is 8.42 Å². The molecular formula is C11H21N3O2S. The summed E-state index contributed by atoms with van der Waals surface area (Å²) < 4.78 is 27.2. The van der Waals surface area contributed by atoms with Crippen LogP contribution in [0.2, 0.25) is 0 Å². The largest absolute Gasteiger partial charge is 0.346 e. The first-order chi connectivity index (χ1) is 7.80. The van der Waals surface area contributed by atoms with Crippen LogP contribution in [-0.4, -0.2) is 38.4 Å². The van der Waals surface area contributed by atoms with Gasteiger partial charge in [-0.05, 0) is 27.0 Å². The van der Waals surface area contributed by atoms with Gasteiger partial charge in [0, 0.05) is 38.6 Å². The molecule has 0 unspecified atom stereocenters. The number of sulfonamides is 1. The molecule has 1 N–H and O–H groups in total. The lowest BCUT2D eigenvalue weighted by Gasteiger charge is -2.12. The van der Waals surface area contributed by atoms with Gasteiger partial charge in [0.15, 0.2) is 0 Å². The smallest absolute Gasteiger partial charge is 0.244 e. The summed E-state index contributed by atoms with van der Waals surface area (Å²) in [5.41, 5.74) is 0.975. The summed E-state index contributed by atoms with van der Waals surface area (Å²) in [4.78, 5) is 0.349. The summed E-state index contributed by atoms with van der Waals surface area (Å²) >= 11 is 0. The lowest BCUT2D eigenvalue weighted by molar-refractivity contribution is 0.519. The molecule has 0 radical (unpaired) electrons. The van der Waals surface area contributed by atoms with Crippen LogP contribution in [0.3, 0.4) is 0 Å². The van der Waals surface area contributed by atoms with Crippen molar-refractivity contribution in [3.8, 4) is 0 Å². The van der Waals surface area contributed by atoms with E-state index in [1.54, 1.807) is 26.4 Å². The number of hydrogen-bond acceptors (Lipinski definition) is 3. The van der Waals surface area contributed by atoms with Gasteiger partial charge in [0.25, 0.3) is 0 Å². The second kappa shape index (κ2) is 5.20. The van der Waals surface area contributed by atoms with E-state index in [4.69, 9.17) is 0 Å². The van der Waals surface area contributed by atoms with Crippen LogP contribution in [0.15, 0.2) is 17.2 Å². The maximum Gasteiger partial charge on any atom is 0.244 e. The van der Waals surface area contributed by atoms with Crippen LogP contribution in [0.1, 0.15) is 25.6 Å². The molecule has 0 spiro atoms. The van der Waals surface area contributed by atoms with E-state index in [9.17, 15) is 8.42 Å². The minimum absolute atomic E-state index is 0.240. The molecule has 1 rings (SSSR count). The molecule has 5 nitrogen and oxygen atoms in total. The first-order valence-electron chi connectivity index (χ1n) is 5.58. The average molecular weight is 259 g/mol. The summed E-state index contributed by atoms with van der Waals surface area (Å²) in [6, 6.07) is 1.97. The van der Waals surface area contributed by atoms with E-state index >= 15 is 0 Å². The number of hydrogen-bond donors (Lipinski definition) is 1. The zero-order valence-corrected chi connectivity index (χ0v) is 11.9. The third-order valence-corrected chi connectivity index (χ3v) is 4.38. The van der Waals surface area contributed by atoms with E-state index in [0.717, 1.165) is 5.69 Å². The maximum absolute atomic E-state index is 12.0. The normalized spacial score (nSPS) is 12.6. The summed E-state index contributed by atoms with van der Waals surface area (Å²) in [5, 5.41) is 3.04. The summed E-state index contributed by atoms with van der Waals surface area (Å²) in [5.74, 6) is 0. The molecule has 1 aromatic rings. The zero-order chi connectivity index (χ0) is 13.2. The minimum atomic E-state index is -3.35. The molecule has 0 bridgehead atoms. The quantitative estimate of drug-likeness (QED) is 0.859. The van der Waals surface area contributed by atoms with Crippen LogP contribution < -0.4 is 5.32 Å². The molecule has 0 saturated heterocycles. The Morgan fingerprint density at radius 2 is 2.00 bits per heavy atom. The Kier molecular flexibility index (Phi) is 4.35. The Morgan fingerprint density at radius 1 is 1.41 bits per heavy atom. The van der Waals surface area contributed by atoms with Crippen molar-refractivity contribution in [1.82, 2.24) is 14.2 Å². The van der Waals surface area contributed by atoms with Gasteiger partial charge >= 0.3 is 0 Å². The van der Waals surface area contributed by atoms with Crippen LogP contribution in [0, 0.1) is 0 Å². The highest BCUT2D eigenvalue weighted by atomic mass is 32.2. The SMILES string of the molecule is CNCc1cc(S(=O)(=O)N(C)C)cn1C(C)C. The highest BCUT2D eigenvalue weighted by Gasteiger charge is 2.21. The van der Waals surface area contributed by atoms with Gasteiger partial charge in [0.1, 0.15) is 4.90 Å². The molecule has 0 aromatic carbocycles. The van der Waals surface area contributed by atoms with E-state index in [0.29, 0.717) is 11.4 Å². The van der Waals surface area contributed by atoms with Crippen molar-refractivity contribution in [1.29, 1.82) is 0 Å². The fourth-order valence-corrected chi connectivity index (χ4v) is 2.61. The van der Waals surface area contributed by atoms with Crippen molar-refractivity contribution in [3.63, 3.8) is 0 Å². The fourth-order valence-electron chi connectivity index (χ4n) is 1.65. The van der Waals surface area contributed by atoms with Crippen molar-refractivity contribution in [3.05, 3.63) is 18.0 Å². The highest BCUT2D eigenvalue weighted by molar-refractivity contribution is 7.89. The predicted molar refractivity (Wildman–Crippen MR) is 68.5 cm³/mol. The van der Waals surface area contributed by atoms with Gasteiger partial charge in [-0.1, -0.05) is 0 Å². The van der Waals surface area contributed by atoms with Crippen molar-refractivity contribution in [2.45, 2.75) is 31.3 Å². The van der Waals surface area contributed by atoms with Crippen molar-refractivity contribution in [2.24, 2.45) is 0 Å².